The van der Waals surface area contributed by atoms with Crippen molar-refractivity contribution in [2.45, 2.75) is 10.9 Å². The number of nitrogen functional groups attached to an aromatic ring is 1. The maximum Gasteiger partial charge on any atom is 0.217 e. The molecule has 0 spiro atoms. The van der Waals surface area contributed by atoms with Crippen LogP contribution in [-0.2, 0) is 5.75 Å². The number of hydrogen-bond acceptors (Lipinski definition) is 5. The van der Waals surface area contributed by atoms with Crippen LogP contribution in [0.25, 0.3) is 11.0 Å². The third-order valence-corrected chi connectivity index (χ3v) is 3.81. The average molecular weight is 286 g/mol. The van der Waals surface area contributed by atoms with Crippen LogP contribution in [0.5, 0.6) is 5.88 Å². The number of aromatic nitrogens is 3. The number of thioether (sulfide) groups is 1. The molecule has 0 amide bonds. The number of anilines is 1. The topological polar surface area (TPSA) is 76.8 Å². The maximum atomic E-state index is 5.76. The predicted octanol–water partition coefficient (Wildman–Crippen LogP) is 2.84. The summed E-state index contributed by atoms with van der Waals surface area (Å²) >= 11 is 1.61. The molecule has 1 aromatic carbocycles. The van der Waals surface area contributed by atoms with Crippen LogP contribution in [-0.4, -0.2) is 22.1 Å². The second-order valence-corrected chi connectivity index (χ2v) is 5.24. The highest BCUT2D eigenvalue weighted by Crippen LogP contribution is 2.26. The SMILES string of the molecule is COc1ncccc1CSc1nc2ccc(N)cc2[nH]1. The van der Waals surface area contributed by atoms with E-state index >= 15 is 0 Å². The number of nitrogens with two attached hydrogens (primary N) is 1. The van der Waals surface area contributed by atoms with E-state index in [-0.39, 0.29) is 0 Å². The number of hydrogen-bond donors (Lipinski definition) is 2. The largest absolute Gasteiger partial charge is 0.481 e. The van der Waals surface area contributed by atoms with Crippen molar-refractivity contribution in [1.29, 1.82) is 0 Å². The molecule has 0 aliphatic rings. The van der Waals surface area contributed by atoms with Crippen molar-refractivity contribution in [2.24, 2.45) is 0 Å². The standard InChI is InChI=1S/C14H14N4OS/c1-19-13-9(3-2-6-16-13)8-20-14-17-11-5-4-10(15)7-12(11)18-14/h2-7H,8,15H2,1H3,(H,17,18). The van der Waals surface area contributed by atoms with Gasteiger partial charge < -0.3 is 15.5 Å². The second-order valence-electron chi connectivity index (χ2n) is 4.28. The Morgan fingerprint density at radius 3 is 3.10 bits per heavy atom. The molecule has 2 heterocycles. The predicted molar refractivity (Wildman–Crippen MR) is 80.9 cm³/mol. The van der Waals surface area contributed by atoms with E-state index in [0.29, 0.717) is 5.88 Å². The highest BCUT2D eigenvalue weighted by molar-refractivity contribution is 7.98. The van der Waals surface area contributed by atoms with Gasteiger partial charge in [-0.1, -0.05) is 17.8 Å². The molecule has 0 radical (unpaired) electrons. The van der Waals surface area contributed by atoms with Crippen molar-refractivity contribution in [3.05, 3.63) is 42.1 Å². The highest BCUT2D eigenvalue weighted by Gasteiger charge is 2.07. The van der Waals surface area contributed by atoms with E-state index in [0.717, 1.165) is 33.2 Å². The Hall–Kier alpha value is -2.21. The summed E-state index contributed by atoms with van der Waals surface area (Å²) in [6, 6.07) is 9.55. The zero-order valence-electron chi connectivity index (χ0n) is 11.0. The molecule has 5 nitrogen and oxygen atoms in total. The van der Waals surface area contributed by atoms with Crippen molar-refractivity contribution in [3.8, 4) is 5.88 Å². The van der Waals surface area contributed by atoms with Gasteiger partial charge >= 0.3 is 0 Å². The van der Waals surface area contributed by atoms with Gasteiger partial charge in [-0.15, -0.1) is 0 Å². The van der Waals surface area contributed by atoms with Crippen molar-refractivity contribution >= 4 is 28.5 Å². The number of H-pyrrole nitrogens is 1. The minimum absolute atomic E-state index is 0.653. The molecule has 0 aliphatic carbocycles. The van der Waals surface area contributed by atoms with Crippen LogP contribution >= 0.6 is 11.8 Å². The third-order valence-electron chi connectivity index (χ3n) is 2.89. The van der Waals surface area contributed by atoms with E-state index < -0.39 is 0 Å². The van der Waals surface area contributed by atoms with Gasteiger partial charge in [-0.2, -0.15) is 0 Å². The van der Waals surface area contributed by atoms with Crippen molar-refractivity contribution < 1.29 is 4.74 Å². The van der Waals surface area contributed by atoms with E-state index in [1.54, 1.807) is 25.1 Å². The van der Waals surface area contributed by atoms with E-state index in [1.807, 2.05) is 30.3 Å². The van der Waals surface area contributed by atoms with Crippen LogP contribution in [0.4, 0.5) is 5.69 Å². The number of rotatable bonds is 4. The number of ether oxygens (including phenoxy) is 1. The Kier molecular flexibility index (Phi) is 3.47. The lowest BCUT2D eigenvalue weighted by atomic mass is 10.3. The van der Waals surface area contributed by atoms with Gasteiger partial charge in [-0.25, -0.2) is 9.97 Å². The van der Waals surface area contributed by atoms with Crippen LogP contribution in [0.1, 0.15) is 5.56 Å². The summed E-state index contributed by atoms with van der Waals surface area (Å²) in [5.41, 5.74) is 9.39. The summed E-state index contributed by atoms with van der Waals surface area (Å²) in [6.45, 7) is 0. The zero-order chi connectivity index (χ0) is 13.9. The Morgan fingerprint density at radius 2 is 2.25 bits per heavy atom. The van der Waals surface area contributed by atoms with Crippen molar-refractivity contribution in [2.75, 3.05) is 12.8 Å². The van der Waals surface area contributed by atoms with Crippen molar-refractivity contribution in [1.82, 2.24) is 15.0 Å². The summed E-state index contributed by atoms with van der Waals surface area (Å²) < 4.78 is 5.24. The number of imidazole rings is 1. The molecule has 0 aliphatic heterocycles. The lowest BCUT2D eigenvalue weighted by Crippen LogP contribution is -1.93. The quantitative estimate of drug-likeness (QED) is 0.569. The monoisotopic (exact) mass is 286 g/mol. The lowest BCUT2D eigenvalue weighted by Gasteiger charge is -2.04. The Morgan fingerprint density at radius 1 is 1.35 bits per heavy atom. The Bertz CT molecular complexity index is 741. The summed E-state index contributed by atoms with van der Waals surface area (Å²) in [6.07, 6.45) is 1.72. The van der Waals surface area contributed by atoms with E-state index in [2.05, 4.69) is 15.0 Å². The molecular weight excluding hydrogens is 272 g/mol. The molecule has 6 heteroatoms. The molecule has 0 bridgehead atoms. The molecule has 0 saturated heterocycles. The van der Waals surface area contributed by atoms with Gasteiger partial charge in [0.25, 0.3) is 0 Å². The first kappa shape index (κ1) is 12.8. The molecule has 2 aromatic heterocycles. The smallest absolute Gasteiger partial charge is 0.217 e. The summed E-state index contributed by atoms with van der Waals surface area (Å²) in [5.74, 6) is 1.40. The van der Waals surface area contributed by atoms with Crippen LogP contribution < -0.4 is 10.5 Å². The minimum atomic E-state index is 0.653. The van der Waals surface area contributed by atoms with E-state index in [4.69, 9.17) is 10.5 Å². The molecule has 0 unspecified atom stereocenters. The Balaban J connectivity index is 1.79. The molecule has 102 valence electrons. The third kappa shape index (κ3) is 2.55. The minimum Gasteiger partial charge on any atom is -0.481 e. The first-order chi connectivity index (χ1) is 9.76. The van der Waals surface area contributed by atoms with Gasteiger partial charge in [-0.3, -0.25) is 0 Å². The fraction of sp³-hybridized carbons (Fsp3) is 0.143. The van der Waals surface area contributed by atoms with Crippen LogP contribution in [0.3, 0.4) is 0 Å². The molecule has 0 atom stereocenters. The Labute approximate surface area is 120 Å². The normalized spacial score (nSPS) is 10.8. The van der Waals surface area contributed by atoms with E-state index in [1.165, 1.54) is 0 Å². The first-order valence-corrected chi connectivity index (χ1v) is 7.11. The molecule has 20 heavy (non-hydrogen) atoms. The lowest BCUT2D eigenvalue weighted by molar-refractivity contribution is 0.394. The molecule has 0 saturated carbocycles. The number of aromatic amines is 1. The van der Waals surface area contributed by atoms with Crippen LogP contribution in [0.15, 0.2) is 41.7 Å². The van der Waals surface area contributed by atoms with Crippen LogP contribution in [0, 0.1) is 0 Å². The number of fused-ring (bicyclic) bond motifs is 1. The molecular formula is C14H14N4OS. The molecule has 3 aromatic rings. The fourth-order valence-electron chi connectivity index (χ4n) is 1.94. The van der Waals surface area contributed by atoms with Gasteiger partial charge in [0, 0.05) is 23.2 Å². The summed E-state index contributed by atoms with van der Waals surface area (Å²) in [7, 11) is 1.63. The number of benzene rings is 1. The van der Waals surface area contributed by atoms with Gasteiger partial charge in [0.15, 0.2) is 5.16 Å². The molecule has 3 rings (SSSR count). The number of pyridine rings is 1. The number of nitrogens with one attached hydrogen (secondary N) is 1. The van der Waals surface area contributed by atoms with Gasteiger partial charge in [0.05, 0.1) is 18.1 Å². The average Bonchev–Trinajstić information content (AvgIpc) is 2.87. The highest BCUT2D eigenvalue weighted by atomic mass is 32.2. The first-order valence-electron chi connectivity index (χ1n) is 6.12. The van der Waals surface area contributed by atoms with Crippen LogP contribution in [0.2, 0.25) is 0 Å². The zero-order valence-corrected chi connectivity index (χ0v) is 11.8. The summed E-state index contributed by atoms with van der Waals surface area (Å²) in [4.78, 5) is 12.0. The molecule has 3 N–H and O–H groups in total. The fourth-order valence-corrected chi connectivity index (χ4v) is 2.79. The van der Waals surface area contributed by atoms with E-state index in [9.17, 15) is 0 Å². The second kappa shape index (κ2) is 5.42. The number of methoxy groups -OCH3 is 1. The van der Waals surface area contributed by atoms with Gasteiger partial charge in [0.2, 0.25) is 5.88 Å². The maximum absolute atomic E-state index is 5.76. The van der Waals surface area contributed by atoms with Crippen molar-refractivity contribution in [3.63, 3.8) is 0 Å². The summed E-state index contributed by atoms with van der Waals surface area (Å²) in [5, 5.41) is 0.858. The number of nitrogens with zero attached hydrogens (tertiary/aromatic N) is 2. The van der Waals surface area contributed by atoms with Gasteiger partial charge in [0.1, 0.15) is 0 Å². The van der Waals surface area contributed by atoms with Gasteiger partial charge in [-0.05, 0) is 24.3 Å². The molecule has 0 fully saturated rings.